The van der Waals surface area contributed by atoms with Gasteiger partial charge in [-0.05, 0) is 49.6 Å². The smallest absolute Gasteiger partial charge is 0.251 e. The highest BCUT2D eigenvalue weighted by Crippen LogP contribution is 2.24. The van der Waals surface area contributed by atoms with E-state index in [1.54, 1.807) is 13.2 Å². The van der Waals surface area contributed by atoms with Crippen molar-refractivity contribution in [3.63, 3.8) is 0 Å². The zero-order valence-corrected chi connectivity index (χ0v) is 17.2. The van der Waals surface area contributed by atoms with Gasteiger partial charge in [-0.15, -0.1) is 24.8 Å². The van der Waals surface area contributed by atoms with Crippen LogP contribution in [0.2, 0.25) is 0 Å². The maximum Gasteiger partial charge on any atom is 0.251 e. The Balaban J connectivity index is 0.00000182. The van der Waals surface area contributed by atoms with Gasteiger partial charge in [-0.2, -0.15) is 0 Å². The van der Waals surface area contributed by atoms with E-state index in [0.717, 1.165) is 42.9 Å². The molecule has 0 saturated carbocycles. The van der Waals surface area contributed by atoms with Gasteiger partial charge in [-0.3, -0.25) is 4.79 Å². The number of amides is 1. The van der Waals surface area contributed by atoms with Gasteiger partial charge in [-0.25, -0.2) is 0 Å². The van der Waals surface area contributed by atoms with Crippen LogP contribution in [0.4, 0.5) is 11.4 Å². The van der Waals surface area contributed by atoms with E-state index in [4.69, 9.17) is 10.5 Å². The number of nitrogens with one attached hydrogen (secondary N) is 1. The third-order valence-electron chi connectivity index (χ3n) is 4.68. The van der Waals surface area contributed by atoms with Gasteiger partial charge in [0.2, 0.25) is 0 Å². The van der Waals surface area contributed by atoms with E-state index < -0.39 is 0 Å². The molecule has 148 valence electrons. The number of piperidine rings is 1. The molecular weight excluding hydrogens is 385 g/mol. The predicted molar refractivity (Wildman–Crippen MR) is 116 cm³/mol. The summed E-state index contributed by atoms with van der Waals surface area (Å²) in [7, 11) is 1.67. The third kappa shape index (κ3) is 5.68. The Morgan fingerprint density at radius 2 is 2.00 bits per heavy atom. The first-order valence-electron chi connectivity index (χ1n) is 8.63. The minimum Gasteiger partial charge on any atom is -0.497 e. The van der Waals surface area contributed by atoms with Crippen LogP contribution < -0.4 is 20.7 Å². The van der Waals surface area contributed by atoms with Crippen LogP contribution in [0, 0.1) is 6.92 Å². The van der Waals surface area contributed by atoms with Gasteiger partial charge in [0, 0.05) is 42.1 Å². The van der Waals surface area contributed by atoms with E-state index >= 15 is 0 Å². The second-order valence-electron chi connectivity index (χ2n) is 6.53. The number of benzene rings is 2. The topological polar surface area (TPSA) is 67.6 Å². The van der Waals surface area contributed by atoms with Crippen LogP contribution in [0.15, 0.2) is 42.5 Å². The summed E-state index contributed by atoms with van der Waals surface area (Å²) in [6.07, 6.45) is 2.02. The van der Waals surface area contributed by atoms with Crippen LogP contribution >= 0.6 is 24.8 Å². The summed E-state index contributed by atoms with van der Waals surface area (Å²) in [6.45, 7) is 3.70. The lowest BCUT2D eigenvalue weighted by molar-refractivity contribution is 0.0932. The summed E-state index contributed by atoms with van der Waals surface area (Å²) in [5.41, 5.74) is 9.14. The summed E-state index contributed by atoms with van der Waals surface area (Å²) in [6, 6.07) is 13.6. The summed E-state index contributed by atoms with van der Waals surface area (Å²) >= 11 is 0. The minimum atomic E-state index is -0.0534. The molecule has 0 aliphatic carbocycles. The number of nitrogens with zero attached hydrogens (tertiary/aromatic N) is 1. The molecule has 2 aromatic rings. The summed E-state index contributed by atoms with van der Waals surface area (Å²) in [4.78, 5) is 14.9. The molecule has 27 heavy (non-hydrogen) atoms. The molecule has 3 rings (SSSR count). The lowest BCUT2D eigenvalue weighted by Gasteiger charge is -2.35. The number of nitrogens with two attached hydrogens (primary N) is 1. The number of halogens is 2. The molecule has 1 aliphatic heterocycles. The second-order valence-corrected chi connectivity index (χ2v) is 6.53. The average molecular weight is 412 g/mol. The van der Waals surface area contributed by atoms with Gasteiger partial charge >= 0.3 is 0 Å². The van der Waals surface area contributed by atoms with Crippen molar-refractivity contribution in [3.8, 4) is 5.75 Å². The van der Waals surface area contributed by atoms with E-state index in [1.807, 2.05) is 37.3 Å². The number of carbonyl (C=O) groups excluding carboxylic acids is 1. The molecule has 1 fully saturated rings. The van der Waals surface area contributed by atoms with Gasteiger partial charge in [0.15, 0.2) is 0 Å². The molecule has 0 radical (unpaired) electrons. The van der Waals surface area contributed by atoms with Crippen molar-refractivity contribution in [2.45, 2.75) is 25.8 Å². The molecule has 1 amide bonds. The molecular formula is C20H27Cl2N3O2. The van der Waals surface area contributed by atoms with Crippen LogP contribution in [0.5, 0.6) is 5.75 Å². The van der Waals surface area contributed by atoms with Crippen molar-refractivity contribution < 1.29 is 9.53 Å². The maximum atomic E-state index is 12.6. The number of aryl methyl sites for hydroxylation is 1. The number of hydrogen-bond acceptors (Lipinski definition) is 4. The lowest BCUT2D eigenvalue weighted by Crippen LogP contribution is -2.48. The third-order valence-corrected chi connectivity index (χ3v) is 4.68. The van der Waals surface area contributed by atoms with Crippen molar-refractivity contribution in [2.75, 3.05) is 30.8 Å². The molecule has 0 aromatic heterocycles. The van der Waals surface area contributed by atoms with E-state index in [-0.39, 0.29) is 36.8 Å². The lowest BCUT2D eigenvalue weighted by atomic mass is 10.0. The number of carbonyl (C=O) groups is 1. The normalized spacial score (nSPS) is 15.9. The zero-order chi connectivity index (χ0) is 17.8. The Morgan fingerprint density at radius 1 is 1.22 bits per heavy atom. The first kappa shape index (κ1) is 22.9. The largest absolute Gasteiger partial charge is 0.497 e. The van der Waals surface area contributed by atoms with E-state index in [0.29, 0.717) is 11.3 Å². The van der Waals surface area contributed by atoms with Crippen molar-refractivity contribution in [1.29, 1.82) is 0 Å². The van der Waals surface area contributed by atoms with Crippen LogP contribution in [0.3, 0.4) is 0 Å². The van der Waals surface area contributed by atoms with E-state index in [9.17, 15) is 4.79 Å². The minimum absolute atomic E-state index is 0. The zero-order valence-electron chi connectivity index (χ0n) is 15.6. The van der Waals surface area contributed by atoms with Crippen LogP contribution in [0.25, 0.3) is 0 Å². The number of methoxy groups -OCH3 is 1. The highest BCUT2D eigenvalue weighted by atomic mass is 35.5. The standard InChI is InChI=1S/C20H25N3O2.2ClH/c1-14-8-9-15(21)11-19(14)20(24)22-16-5-4-10-23(13-16)17-6-3-7-18(12-17)25-2;;/h3,6-9,11-12,16H,4-5,10,13,21H2,1-2H3,(H,22,24);2*1H. The Hall–Kier alpha value is -2.11. The first-order valence-corrected chi connectivity index (χ1v) is 8.63. The highest BCUT2D eigenvalue weighted by molar-refractivity contribution is 5.96. The molecule has 2 aromatic carbocycles. The monoisotopic (exact) mass is 411 g/mol. The highest BCUT2D eigenvalue weighted by Gasteiger charge is 2.23. The molecule has 0 spiro atoms. The quantitative estimate of drug-likeness (QED) is 0.750. The molecule has 1 saturated heterocycles. The fourth-order valence-corrected chi connectivity index (χ4v) is 3.28. The maximum absolute atomic E-state index is 12.6. The number of rotatable bonds is 4. The van der Waals surface area contributed by atoms with E-state index in [1.165, 1.54) is 0 Å². The van der Waals surface area contributed by atoms with E-state index in [2.05, 4.69) is 16.3 Å². The van der Waals surface area contributed by atoms with Crippen LogP contribution in [0.1, 0.15) is 28.8 Å². The molecule has 1 aliphatic rings. The molecule has 3 N–H and O–H groups in total. The number of ether oxygens (including phenoxy) is 1. The van der Waals surface area contributed by atoms with Gasteiger partial charge in [-0.1, -0.05) is 12.1 Å². The first-order chi connectivity index (χ1) is 12.1. The molecule has 7 heteroatoms. The van der Waals surface area contributed by atoms with Crippen molar-refractivity contribution in [2.24, 2.45) is 0 Å². The van der Waals surface area contributed by atoms with Crippen molar-refractivity contribution in [1.82, 2.24) is 5.32 Å². The van der Waals surface area contributed by atoms with Crippen LogP contribution in [-0.2, 0) is 0 Å². The average Bonchev–Trinajstić information content (AvgIpc) is 2.64. The van der Waals surface area contributed by atoms with Gasteiger partial charge in [0.25, 0.3) is 5.91 Å². The Bertz CT molecular complexity index is 771. The van der Waals surface area contributed by atoms with Crippen LogP contribution in [-0.4, -0.2) is 32.1 Å². The Morgan fingerprint density at radius 3 is 2.74 bits per heavy atom. The fraction of sp³-hybridized carbons (Fsp3) is 0.350. The molecule has 0 bridgehead atoms. The fourth-order valence-electron chi connectivity index (χ4n) is 3.28. The molecule has 1 unspecified atom stereocenters. The summed E-state index contributed by atoms with van der Waals surface area (Å²) in [5.74, 6) is 0.793. The second kappa shape index (κ2) is 10.3. The number of anilines is 2. The number of nitrogen functional groups attached to an aromatic ring is 1. The Labute approximate surface area is 173 Å². The number of hydrogen-bond donors (Lipinski definition) is 2. The van der Waals surface area contributed by atoms with Gasteiger partial charge < -0.3 is 20.7 Å². The van der Waals surface area contributed by atoms with Crippen molar-refractivity contribution in [3.05, 3.63) is 53.6 Å². The summed E-state index contributed by atoms with van der Waals surface area (Å²) < 4.78 is 5.31. The SMILES string of the molecule is COc1cccc(N2CCCC(NC(=O)c3cc(N)ccc3C)C2)c1.Cl.Cl. The van der Waals surface area contributed by atoms with Crippen molar-refractivity contribution >= 4 is 42.1 Å². The van der Waals surface area contributed by atoms with Gasteiger partial charge in [0.05, 0.1) is 7.11 Å². The predicted octanol–water partition coefficient (Wildman–Crippen LogP) is 3.83. The van der Waals surface area contributed by atoms with Gasteiger partial charge in [0.1, 0.15) is 5.75 Å². The summed E-state index contributed by atoms with van der Waals surface area (Å²) in [5, 5.41) is 3.16. The molecule has 5 nitrogen and oxygen atoms in total. The molecule has 1 heterocycles. The Kier molecular flexibility index (Phi) is 8.73. The molecule has 1 atom stereocenters.